The summed E-state index contributed by atoms with van der Waals surface area (Å²) in [6.07, 6.45) is 0.413. The molecule has 7 heteroatoms. The Balaban J connectivity index is 2.15. The van der Waals surface area contributed by atoms with Crippen molar-refractivity contribution in [3.8, 4) is 0 Å². The SMILES string of the molecule is CCc1oc(C(=O)NC(C)c2nc(C)cs2)cc1C(=O)O. The van der Waals surface area contributed by atoms with Crippen LogP contribution in [-0.2, 0) is 6.42 Å². The molecule has 1 unspecified atom stereocenters. The molecule has 2 aromatic rings. The normalized spacial score (nSPS) is 12.1. The third-order valence-corrected chi connectivity index (χ3v) is 4.08. The van der Waals surface area contributed by atoms with Crippen molar-refractivity contribution in [2.24, 2.45) is 0 Å². The molecule has 0 fully saturated rings. The summed E-state index contributed by atoms with van der Waals surface area (Å²) in [7, 11) is 0. The predicted octanol–water partition coefficient (Wildman–Crippen LogP) is 2.80. The van der Waals surface area contributed by atoms with E-state index in [1.54, 1.807) is 6.92 Å². The first-order chi connectivity index (χ1) is 9.92. The third-order valence-electron chi connectivity index (χ3n) is 2.94. The maximum atomic E-state index is 12.1. The van der Waals surface area contributed by atoms with Gasteiger partial charge in [-0.15, -0.1) is 11.3 Å². The second kappa shape index (κ2) is 6.09. The molecule has 0 radical (unpaired) electrons. The van der Waals surface area contributed by atoms with Crippen LogP contribution in [0.1, 0.15) is 57.3 Å². The van der Waals surface area contributed by atoms with Crippen molar-refractivity contribution in [2.45, 2.75) is 33.2 Å². The molecule has 112 valence electrons. The first-order valence-corrected chi connectivity index (χ1v) is 7.39. The number of aromatic nitrogens is 1. The van der Waals surface area contributed by atoms with Crippen molar-refractivity contribution >= 4 is 23.2 Å². The van der Waals surface area contributed by atoms with Crippen LogP contribution in [0.2, 0.25) is 0 Å². The van der Waals surface area contributed by atoms with Crippen molar-refractivity contribution in [3.63, 3.8) is 0 Å². The number of aryl methyl sites for hydroxylation is 2. The van der Waals surface area contributed by atoms with E-state index in [-0.39, 0.29) is 17.4 Å². The van der Waals surface area contributed by atoms with Crippen LogP contribution in [0.15, 0.2) is 15.9 Å². The molecule has 6 nitrogen and oxygen atoms in total. The molecule has 2 aromatic heterocycles. The van der Waals surface area contributed by atoms with Crippen molar-refractivity contribution in [1.29, 1.82) is 0 Å². The molecule has 0 aromatic carbocycles. The van der Waals surface area contributed by atoms with E-state index in [4.69, 9.17) is 9.52 Å². The van der Waals surface area contributed by atoms with Gasteiger partial charge in [-0.1, -0.05) is 6.92 Å². The highest BCUT2D eigenvalue weighted by Crippen LogP contribution is 2.20. The number of nitrogens with zero attached hydrogens (tertiary/aromatic N) is 1. The van der Waals surface area contributed by atoms with Gasteiger partial charge in [0.1, 0.15) is 16.3 Å². The number of thiazole rings is 1. The Hall–Kier alpha value is -2.15. The van der Waals surface area contributed by atoms with Crippen LogP contribution in [0, 0.1) is 6.92 Å². The Bertz CT molecular complexity index is 674. The smallest absolute Gasteiger partial charge is 0.339 e. The summed E-state index contributed by atoms with van der Waals surface area (Å²) in [4.78, 5) is 27.5. The molecule has 1 atom stereocenters. The maximum absolute atomic E-state index is 12.1. The van der Waals surface area contributed by atoms with Crippen molar-refractivity contribution < 1.29 is 19.1 Å². The standard InChI is InChI=1S/C14H16N2O4S/c1-4-10-9(14(18)19)5-11(20-10)12(17)16-8(3)13-15-7(2)6-21-13/h5-6,8H,4H2,1-3H3,(H,16,17)(H,18,19). The average Bonchev–Trinajstić information content (AvgIpc) is 3.04. The molecule has 2 heterocycles. The van der Waals surface area contributed by atoms with Crippen molar-refractivity contribution in [2.75, 3.05) is 0 Å². The third kappa shape index (κ3) is 3.30. The quantitative estimate of drug-likeness (QED) is 0.886. The topological polar surface area (TPSA) is 92.4 Å². The second-order valence-electron chi connectivity index (χ2n) is 4.63. The molecule has 21 heavy (non-hydrogen) atoms. The minimum atomic E-state index is -1.10. The van der Waals surface area contributed by atoms with Gasteiger partial charge >= 0.3 is 5.97 Å². The number of hydrogen-bond donors (Lipinski definition) is 2. The Kier molecular flexibility index (Phi) is 4.42. The summed E-state index contributed by atoms with van der Waals surface area (Å²) in [5.41, 5.74) is 0.927. The minimum absolute atomic E-state index is 0.00405. The molecule has 0 saturated carbocycles. The zero-order valence-electron chi connectivity index (χ0n) is 12.0. The molecule has 2 rings (SSSR count). The summed E-state index contributed by atoms with van der Waals surface area (Å²) >= 11 is 1.46. The first-order valence-electron chi connectivity index (χ1n) is 6.51. The van der Waals surface area contributed by atoms with Gasteiger partial charge in [-0.05, 0) is 13.8 Å². The van der Waals surface area contributed by atoms with Gasteiger partial charge < -0.3 is 14.8 Å². The zero-order valence-corrected chi connectivity index (χ0v) is 12.8. The van der Waals surface area contributed by atoms with Crippen LogP contribution in [0.4, 0.5) is 0 Å². The lowest BCUT2D eigenvalue weighted by Gasteiger charge is -2.09. The number of rotatable bonds is 5. The number of carboxylic acid groups (broad SMARTS) is 1. The molecule has 0 spiro atoms. The number of aromatic carboxylic acids is 1. The molecule has 2 N–H and O–H groups in total. The predicted molar refractivity (Wildman–Crippen MR) is 77.8 cm³/mol. The van der Waals surface area contributed by atoms with E-state index in [1.807, 2.05) is 19.2 Å². The van der Waals surface area contributed by atoms with Gasteiger partial charge in [0, 0.05) is 23.6 Å². The lowest BCUT2D eigenvalue weighted by atomic mass is 10.2. The molecule has 0 saturated heterocycles. The molecular formula is C14H16N2O4S. The largest absolute Gasteiger partial charge is 0.478 e. The summed E-state index contributed by atoms with van der Waals surface area (Å²) in [5, 5.41) is 14.5. The summed E-state index contributed by atoms with van der Waals surface area (Å²) in [6.45, 7) is 5.47. The van der Waals surface area contributed by atoms with Crippen LogP contribution < -0.4 is 5.32 Å². The van der Waals surface area contributed by atoms with Gasteiger partial charge in [0.15, 0.2) is 5.76 Å². The number of carboxylic acids is 1. The van der Waals surface area contributed by atoms with E-state index in [0.29, 0.717) is 12.2 Å². The molecular weight excluding hydrogens is 292 g/mol. The highest BCUT2D eigenvalue weighted by molar-refractivity contribution is 7.09. The number of carbonyl (C=O) groups excluding carboxylic acids is 1. The lowest BCUT2D eigenvalue weighted by Crippen LogP contribution is -2.26. The molecule has 1 amide bonds. The molecule has 0 bridgehead atoms. The fourth-order valence-electron chi connectivity index (χ4n) is 1.88. The molecule has 0 aliphatic heterocycles. The van der Waals surface area contributed by atoms with Crippen molar-refractivity contribution in [1.82, 2.24) is 10.3 Å². The molecule has 0 aliphatic carbocycles. The van der Waals surface area contributed by atoms with Crippen molar-refractivity contribution in [3.05, 3.63) is 39.2 Å². The summed E-state index contributed by atoms with van der Waals surface area (Å²) in [5.74, 6) is -1.24. The van der Waals surface area contributed by atoms with Gasteiger partial charge in [0.05, 0.1) is 6.04 Å². The number of carbonyl (C=O) groups is 2. The van der Waals surface area contributed by atoms with Crippen LogP contribution in [-0.4, -0.2) is 22.0 Å². The van der Waals surface area contributed by atoms with E-state index in [1.165, 1.54) is 17.4 Å². The van der Waals surface area contributed by atoms with E-state index in [2.05, 4.69) is 10.3 Å². The second-order valence-corrected chi connectivity index (χ2v) is 5.52. The van der Waals surface area contributed by atoms with Gasteiger partial charge in [0.2, 0.25) is 0 Å². The van der Waals surface area contributed by atoms with E-state index in [9.17, 15) is 9.59 Å². The van der Waals surface area contributed by atoms with Gasteiger partial charge in [-0.3, -0.25) is 4.79 Å². The Morgan fingerprint density at radius 3 is 2.71 bits per heavy atom. The lowest BCUT2D eigenvalue weighted by molar-refractivity contribution is 0.0694. The number of hydrogen-bond acceptors (Lipinski definition) is 5. The van der Waals surface area contributed by atoms with Gasteiger partial charge in [0.25, 0.3) is 5.91 Å². The van der Waals surface area contributed by atoms with Crippen LogP contribution in [0.3, 0.4) is 0 Å². The Morgan fingerprint density at radius 1 is 1.52 bits per heavy atom. The van der Waals surface area contributed by atoms with E-state index < -0.39 is 11.9 Å². The molecule has 0 aliphatic rings. The highest BCUT2D eigenvalue weighted by Gasteiger charge is 2.22. The van der Waals surface area contributed by atoms with Gasteiger partial charge in [-0.2, -0.15) is 0 Å². The van der Waals surface area contributed by atoms with Crippen LogP contribution in [0.5, 0.6) is 0 Å². The monoisotopic (exact) mass is 308 g/mol. The zero-order chi connectivity index (χ0) is 15.6. The summed E-state index contributed by atoms with van der Waals surface area (Å²) in [6, 6.07) is 0.996. The average molecular weight is 308 g/mol. The number of nitrogens with one attached hydrogen (secondary N) is 1. The van der Waals surface area contributed by atoms with E-state index >= 15 is 0 Å². The minimum Gasteiger partial charge on any atom is -0.478 e. The first kappa shape index (κ1) is 15.2. The highest BCUT2D eigenvalue weighted by atomic mass is 32.1. The number of furan rings is 1. The fourth-order valence-corrected chi connectivity index (χ4v) is 2.69. The Labute approximate surface area is 125 Å². The maximum Gasteiger partial charge on any atom is 0.339 e. The fraction of sp³-hybridized carbons (Fsp3) is 0.357. The number of amides is 1. The van der Waals surface area contributed by atoms with E-state index in [0.717, 1.165) is 10.7 Å². The van der Waals surface area contributed by atoms with Crippen LogP contribution >= 0.6 is 11.3 Å². The Morgan fingerprint density at radius 2 is 2.24 bits per heavy atom. The van der Waals surface area contributed by atoms with Crippen LogP contribution in [0.25, 0.3) is 0 Å². The summed E-state index contributed by atoms with van der Waals surface area (Å²) < 4.78 is 5.32. The van der Waals surface area contributed by atoms with Gasteiger partial charge in [-0.25, -0.2) is 9.78 Å².